The quantitative estimate of drug-likeness (QED) is 0.689. The molecule has 1 aromatic carbocycles. The van der Waals surface area contributed by atoms with Gasteiger partial charge in [-0.15, -0.1) is 11.3 Å². The zero-order chi connectivity index (χ0) is 14.0. The van der Waals surface area contributed by atoms with E-state index in [0.717, 1.165) is 20.7 Å². The van der Waals surface area contributed by atoms with Crippen molar-refractivity contribution in [1.82, 2.24) is 0 Å². The van der Waals surface area contributed by atoms with Crippen LogP contribution < -0.4 is 4.90 Å². The number of hydrogen-bond acceptors (Lipinski definition) is 4. The molecule has 19 heavy (non-hydrogen) atoms. The van der Waals surface area contributed by atoms with Gasteiger partial charge in [-0.3, -0.25) is 0 Å². The first kappa shape index (κ1) is 13.1. The molecule has 0 bridgehead atoms. The number of fused-ring (bicyclic) bond motifs is 1. The van der Waals surface area contributed by atoms with E-state index in [4.69, 9.17) is 10.4 Å². The molecule has 1 N–H and O–H groups in total. The summed E-state index contributed by atoms with van der Waals surface area (Å²) in [5.41, 5.74) is 0.836. The summed E-state index contributed by atoms with van der Waals surface area (Å²) in [6, 6.07) is 9.61. The summed E-state index contributed by atoms with van der Waals surface area (Å²) in [5, 5.41) is 18.6. The van der Waals surface area contributed by atoms with Gasteiger partial charge in [-0.1, -0.05) is 6.07 Å². The number of carboxylic acids is 1. The third-order valence-corrected chi connectivity index (χ3v) is 3.72. The smallest absolute Gasteiger partial charge is 0.346 e. The zero-order valence-corrected chi connectivity index (χ0v) is 11.4. The van der Waals surface area contributed by atoms with E-state index in [1.165, 1.54) is 17.4 Å². The van der Waals surface area contributed by atoms with Crippen LogP contribution in [0.4, 0.5) is 5.69 Å². The summed E-state index contributed by atoms with van der Waals surface area (Å²) in [6.07, 6.45) is 1.41. The maximum atomic E-state index is 10.8. The van der Waals surface area contributed by atoms with Gasteiger partial charge in [0, 0.05) is 29.4 Å². The van der Waals surface area contributed by atoms with Crippen molar-refractivity contribution in [3.8, 4) is 6.07 Å². The molecule has 2 aromatic rings. The first-order chi connectivity index (χ1) is 9.01. The standard InChI is InChI=1S/C14H12N2O2S/c1-16(2)11-4-3-9-5-12(19-13(9)7-11)6-10(8-15)14(17)18/h3-7H,1-2H3,(H,17,18)/b10-6+. The third-order valence-electron chi connectivity index (χ3n) is 2.68. The molecule has 0 saturated carbocycles. The monoisotopic (exact) mass is 272 g/mol. The number of anilines is 1. The van der Waals surface area contributed by atoms with Gasteiger partial charge in [0.15, 0.2) is 0 Å². The molecule has 0 atom stereocenters. The van der Waals surface area contributed by atoms with Gasteiger partial charge in [-0.2, -0.15) is 5.26 Å². The third kappa shape index (κ3) is 2.75. The number of thiophene rings is 1. The maximum Gasteiger partial charge on any atom is 0.346 e. The second kappa shape index (κ2) is 5.12. The lowest BCUT2D eigenvalue weighted by Gasteiger charge is -2.11. The van der Waals surface area contributed by atoms with E-state index in [9.17, 15) is 4.79 Å². The number of carbonyl (C=O) groups is 1. The highest BCUT2D eigenvalue weighted by atomic mass is 32.1. The van der Waals surface area contributed by atoms with Gasteiger partial charge in [-0.05, 0) is 29.7 Å². The lowest BCUT2D eigenvalue weighted by molar-refractivity contribution is -0.132. The van der Waals surface area contributed by atoms with Gasteiger partial charge in [0.2, 0.25) is 0 Å². The van der Waals surface area contributed by atoms with Gasteiger partial charge in [0.05, 0.1) is 0 Å². The molecule has 0 fully saturated rings. The Morgan fingerprint density at radius 2 is 2.16 bits per heavy atom. The van der Waals surface area contributed by atoms with Crippen molar-refractivity contribution >= 4 is 39.2 Å². The lowest BCUT2D eigenvalue weighted by atomic mass is 10.2. The Hall–Kier alpha value is -2.32. The molecule has 0 saturated heterocycles. The van der Waals surface area contributed by atoms with Crippen molar-refractivity contribution in [2.75, 3.05) is 19.0 Å². The predicted octanol–water partition coefficient (Wildman–Crippen LogP) is 2.96. The highest BCUT2D eigenvalue weighted by Gasteiger charge is 2.08. The fourth-order valence-corrected chi connectivity index (χ4v) is 2.71. The number of aliphatic carboxylic acids is 1. The second-order valence-corrected chi connectivity index (χ2v) is 5.36. The SMILES string of the molecule is CN(C)c1ccc2cc(/C=C(\C#N)C(=O)O)sc2c1. The molecule has 0 unspecified atom stereocenters. The molecule has 0 radical (unpaired) electrons. The van der Waals surface area contributed by atoms with Crippen molar-refractivity contribution in [3.05, 3.63) is 34.7 Å². The van der Waals surface area contributed by atoms with Crippen molar-refractivity contribution in [2.24, 2.45) is 0 Å². The Bertz CT molecular complexity index is 708. The Labute approximate surface area is 114 Å². The summed E-state index contributed by atoms with van der Waals surface area (Å²) in [7, 11) is 3.93. The number of hydrogen-bond donors (Lipinski definition) is 1. The van der Waals surface area contributed by atoms with Gasteiger partial charge in [0.1, 0.15) is 11.6 Å². The minimum Gasteiger partial charge on any atom is -0.477 e. The largest absolute Gasteiger partial charge is 0.477 e. The minimum atomic E-state index is -1.20. The average Bonchev–Trinajstić information content (AvgIpc) is 2.76. The van der Waals surface area contributed by atoms with Crippen molar-refractivity contribution in [3.63, 3.8) is 0 Å². The average molecular weight is 272 g/mol. The molecule has 0 aliphatic heterocycles. The van der Waals surface area contributed by atoms with Crippen LogP contribution in [0.15, 0.2) is 29.8 Å². The second-order valence-electron chi connectivity index (χ2n) is 4.24. The van der Waals surface area contributed by atoms with Crippen LogP contribution in [0.25, 0.3) is 16.2 Å². The highest BCUT2D eigenvalue weighted by molar-refractivity contribution is 7.19. The van der Waals surface area contributed by atoms with E-state index in [0.29, 0.717) is 0 Å². The van der Waals surface area contributed by atoms with Crippen LogP contribution in [0.5, 0.6) is 0 Å². The highest BCUT2D eigenvalue weighted by Crippen LogP contribution is 2.30. The molecule has 0 aliphatic rings. The first-order valence-corrected chi connectivity index (χ1v) is 6.39. The summed E-state index contributed by atoms with van der Waals surface area (Å²) in [4.78, 5) is 13.6. The molecule has 96 valence electrons. The fraction of sp³-hybridized carbons (Fsp3) is 0.143. The Balaban J connectivity index is 2.48. The Morgan fingerprint density at radius 3 is 2.74 bits per heavy atom. The van der Waals surface area contributed by atoms with E-state index in [2.05, 4.69) is 0 Å². The molecule has 5 heteroatoms. The molecular weight excluding hydrogens is 260 g/mol. The zero-order valence-electron chi connectivity index (χ0n) is 10.5. The normalized spacial score (nSPS) is 11.3. The van der Waals surface area contributed by atoms with Crippen LogP contribution in [-0.4, -0.2) is 25.2 Å². The number of nitrogens with zero attached hydrogens (tertiary/aromatic N) is 2. The number of nitriles is 1. The minimum absolute atomic E-state index is 0.251. The van der Waals surface area contributed by atoms with E-state index in [1.807, 2.05) is 43.3 Å². The summed E-state index contributed by atoms with van der Waals surface area (Å²) in [5.74, 6) is -1.20. The van der Waals surface area contributed by atoms with Crippen LogP contribution in [0.1, 0.15) is 4.88 Å². The summed E-state index contributed by atoms with van der Waals surface area (Å²) >= 11 is 1.47. The maximum absolute atomic E-state index is 10.8. The van der Waals surface area contributed by atoms with Crippen molar-refractivity contribution < 1.29 is 9.90 Å². The van der Waals surface area contributed by atoms with Crippen LogP contribution in [0.3, 0.4) is 0 Å². The number of benzene rings is 1. The molecule has 2 rings (SSSR count). The van der Waals surface area contributed by atoms with E-state index < -0.39 is 5.97 Å². The molecule has 1 heterocycles. The lowest BCUT2D eigenvalue weighted by Crippen LogP contribution is -2.07. The van der Waals surface area contributed by atoms with Crippen molar-refractivity contribution in [2.45, 2.75) is 0 Å². The Morgan fingerprint density at radius 1 is 1.42 bits per heavy atom. The van der Waals surface area contributed by atoms with Gasteiger partial charge >= 0.3 is 5.97 Å². The van der Waals surface area contributed by atoms with Gasteiger partial charge in [0.25, 0.3) is 0 Å². The van der Waals surface area contributed by atoms with Crippen LogP contribution >= 0.6 is 11.3 Å². The molecule has 0 amide bonds. The summed E-state index contributed by atoms with van der Waals surface area (Å²) in [6.45, 7) is 0. The predicted molar refractivity (Wildman–Crippen MR) is 77.4 cm³/mol. The molecule has 0 aliphatic carbocycles. The fourth-order valence-electron chi connectivity index (χ4n) is 1.67. The van der Waals surface area contributed by atoms with Gasteiger partial charge in [-0.25, -0.2) is 4.79 Å². The number of rotatable bonds is 3. The van der Waals surface area contributed by atoms with Crippen LogP contribution in [0, 0.1) is 11.3 Å². The number of carboxylic acid groups (broad SMARTS) is 1. The van der Waals surface area contributed by atoms with Crippen LogP contribution in [0.2, 0.25) is 0 Å². The molecule has 4 nitrogen and oxygen atoms in total. The molecule has 0 spiro atoms. The topological polar surface area (TPSA) is 64.3 Å². The summed E-state index contributed by atoms with van der Waals surface area (Å²) < 4.78 is 1.07. The van der Waals surface area contributed by atoms with E-state index in [-0.39, 0.29) is 5.57 Å². The van der Waals surface area contributed by atoms with E-state index >= 15 is 0 Å². The van der Waals surface area contributed by atoms with E-state index in [1.54, 1.807) is 6.07 Å². The van der Waals surface area contributed by atoms with Crippen molar-refractivity contribution in [1.29, 1.82) is 5.26 Å². The Kier molecular flexibility index (Phi) is 3.54. The molecular formula is C14H12N2O2S. The molecule has 1 aromatic heterocycles. The van der Waals surface area contributed by atoms with Gasteiger partial charge < -0.3 is 10.0 Å². The van der Waals surface area contributed by atoms with Crippen LogP contribution in [-0.2, 0) is 4.79 Å². The first-order valence-electron chi connectivity index (χ1n) is 5.57.